The number of hydrogen-bond acceptors (Lipinski definition) is 7. The number of anilines is 1. The Labute approximate surface area is 264 Å². The number of carbonyl (C=O) groups is 2. The molecule has 2 fully saturated rings. The molecule has 2 saturated heterocycles. The number of pyridine rings is 1. The van der Waals surface area contributed by atoms with Crippen LogP contribution in [0.25, 0.3) is 22.4 Å². The molecule has 12 heteroatoms. The fourth-order valence-electron chi connectivity index (χ4n) is 6.83. The summed E-state index contributed by atoms with van der Waals surface area (Å²) in [4.78, 5) is 44.5. The lowest BCUT2D eigenvalue weighted by Gasteiger charge is -2.50. The third kappa shape index (κ3) is 4.92. The summed E-state index contributed by atoms with van der Waals surface area (Å²) < 4.78 is 6.98. The predicted octanol–water partition coefficient (Wildman–Crippen LogP) is 4.09. The van der Waals surface area contributed by atoms with Crippen molar-refractivity contribution in [2.75, 3.05) is 32.1 Å². The van der Waals surface area contributed by atoms with Gasteiger partial charge in [-0.15, -0.1) is 0 Å². The first-order valence-electron chi connectivity index (χ1n) is 14.8. The van der Waals surface area contributed by atoms with Crippen LogP contribution in [-0.2, 0) is 13.5 Å². The van der Waals surface area contributed by atoms with E-state index >= 15 is 0 Å². The van der Waals surface area contributed by atoms with E-state index in [-0.39, 0.29) is 23.2 Å². The molecule has 11 nitrogen and oxygen atoms in total. The smallest absolute Gasteiger partial charge is 0.315 e. The van der Waals surface area contributed by atoms with Gasteiger partial charge in [0, 0.05) is 61.3 Å². The topological polar surface area (TPSA) is 130 Å². The average molecular weight is 626 g/mol. The number of hydrogen-bond donors (Lipinski definition) is 3. The molecule has 1 spiro atoms. The fraction of sp³-hybridized carbons (Fsp3) is 0.303. The largest absolute Gasteiger partial charge is 0.481 e. The van der Waals surface area contributed by atoms with Gasteiger partial charge in [0.15, 0.2) is 0 Å². The summed E-state index contributed by atoms with van der Waals surface area (Å²) >= 11 is 7.11. The Bertz CT molecular complexity index is 1940. The van der Waals surface area contributed by atoms with E-state index in [1.807, 2.05) is 37.3 Å². The van der Waals surface area contributed by atoms with Crippen molar-refractivity contribution in [3.05, 3.63) is 92.4 Å². The number of nitrogens with zero attached hydrogens (tertiary/aromatic N) is 4. The van der Waals surface area contributed by atoms with Gasteiger partial charge >= 0.3 is 6.03 Å². The molecule has 45 heavy (non-hydrogen) atoms. The van der Waals surface area contributed by atoms with Crippen LogP contribution in [0.4, 0.5) is 10.5 Å². The molecule has 2 aromatic carbocycles. The molecule has 2 aliphatic heterocycles. The number of nitrogens with one attached hydrogen (secondary N) is 3. The second kappa shape index (κ2) is 11.0. The van der Waals surface area contributed by atoms with E-state index in [1.165, 1.54) is 24.9 Å². The lowest BCUT2D eigenvalue weighted by atomic mass is 9.88. The summed E-state index contributed by atoms with van der Waals surface area (Å²) in [7, 11) is 3.14. The van der Waals surface area contributed by atoms with Gasteiger partial charge in [0.1, 0.15) is 5.56 Å². The maximum absolute atomic E-state index is 13.0. The highest BCUT2D eigenvalue weighted by Gasteiger charge is 2.51. The zero-order valence-electron chi connectivity index (χ0n) is 25.1. The number of methoxy groups -OCH3 is 1. The second-order valence-corrected chi connectivity index (χ2v) is 12.3. The lowest BCUT2D eigenvalue weighted by Crippen LogP contribution is -2.69. The number of likely N-dealkylation sites (tertiary alicyclic amines) is 1. The van der Waals surface area contributed by atoms with Crippen molar-refractivity contribution in [1.29, 1.82) is 0 Å². The number of aryl methyl sites for hydroxylation is 2. The molecule has 0 unspecified atom stereocenters. The Morgan fingerprint density at radius 2 is 1.87 bits per heavy atom. The molecular weight excluding hydrogens is 594 g/mol. The number of ether oxygens (including phenoxy) is 1. The van der Waals surface area contributed by atoms with Crippen LogP contribution in [0.2, 0.25) is 5.02 Å². The maximum Gasteiger partial charge on any atom is 0.315 e. The van der Waals surface area contributed by atoms with E-state index in [4.69, 9.17) is 21.3 Å². The van der Waals surface area contributed by atoms with Gasteiger partial charge in [0.25, 0.3) is 11.5 Å². The molecule has 1 aliphatic carbocycles. The number of amides is 3. The van der Waals surface area contributed by atoms with E-state index in [1.54, 1.807) is 13.2 Å². The number of carbonyl (C=O) groups excluding carboxylic acids is 2. The average Bonchev–Trinajstić information content (AvgIpc) is 3.62. The zero-order valence-corrected chi connectivity index (χ0v) is 25.9. The number of urea groups is 1. The van der Waals surface area contributed by atoms with Crippen molar-refractivity contribution in [3.63, 3.8) is 0 Å². The summed E-state index contributed by atoms with van der Waals surface area (Å²) in [6, 6.07) is 15.0. The van der Waals surface area contributed by atoms with Crippen LogP contribution in [-0.4, -0.2) is 63.9 Å². The normalized spacial score (nSPS) is 18.2. The second-order valence-electron chi connectivity index (χ2n) is 11.9. The van der Waals surface area contributed by atoms with Gasteiger partial charge in [0.2, 0.25) is 5.88 Å². The Morgan fingerprint density at radius 3 is 2.62 bits per heavy atom. The first-order valence-corrected chi connectivity index (χ1v) is 15.2. The Morgan fingerprint density at radius 1 is 1.11 bits per heavy atom. The highest BCUT2D eigenvalue weighted by molar-refractivity contribution is 6.36. The molecule has 0 bridgehead atoms. The Hall–Kier alpha value is -4.74. The highest BCUT2D eigenvalue weighted by atomic mass is 35.5. The lowest BCUT2D eigenvalue weighted by molar-refractivity contribution is 0.0248. The van der Waals surface area contributed by atoms with Crippen LogP contribution in [0.1, 0.15) is 39.5 Å². The molecule has 7 rings (SSSR count). The predicted molar refractivity (Wildman–Crippen MR) is 171 cm³/mol. The van der Waals surface area contributed by atoms with Gasteiger partial charge < -0.3 is 20.7 Å². The van der Waals surface area contributed by atoms with Crippen molar-refractivity contribution in [2.24, 2.45) is 7.05 Å². The van der Waals surface area contributed by atoms with Gasteiger partial charge in [0.05, 0.1) is 23.4 Å². The van der Waals surface area contributed by atoms with Crippen molar-refractivity contribution in [3.8, 4) is 28.3 Å². The maximum atomic E-state index is 13.0. The monoisotopic (exact) mass is 625 g/mol. The number of fused-ring (bicyclic) bond motifs is 1. The van der Waals surface area contributed by atoms with E-state index in [0.29, 0.717) is 23.1 Å². The minimum absolute atomic E-state index is 0.00660. The van der Waals surface area contributed by atoms with Gasteiger partial charge in [-0.05, 0) is 54.7 Å². The minimum Gasteiger partial charge on any atom is -0.481 e. The molecule has 4 heterocycles. The van der Waals surface area contributed by atoms with Crippen LogP contribution in [0.3, 0.4) is 0 Å². The SMILES string of the molecule is COc1nc(-c2cccc(-c3cccc(NC(=O)c4ccnn(C)c4=O)c3C)c2Cl)cc2c1[C@@H](N1CC3(CNC(=O)N3)C1)CC2. The van der Waals surface area contributed by atoms with E-state index in [9.17, 15) is 14.4 Å². The summed E-state index contributed by atoms with van der Waals surface area (Å²) in [6.45, 7) is 4.12. The first kappa shape index (κ1) is 29.0. The molecule has 3 aliphatic rings. The molecule has 3 N–H and O–H groups in total. The van der Waals surface area contributed by atoms with E-state index < -0.39 is 11.5 Å². The van der Waals surface area contributed by atoms with Gasteiger partial charge in [-0.3, -0.25) is 14.5 Å². The minimum atomic E-state index is -0.510. The molecule has 4 aromatic rings. The standard InChI is InChI=1S/C33H32ClN7O4/c1-18-20(6-5-9-24(18)37-29(42)23-12-13-36-40(2)31(23)43)21-7-4-8-22(28(21)34)25-14-19-10-11-26(27(19)30(38-25)45-3)41-16-33(17-41)15-35-32(44)39-33/h4-9,12-14,26H,10-11,15-17H2,1-3H3,(H,37,42)(H2,35,39,44)/t26-/m0/s1. The van der Waals surface area contributed by atoms with Crippen LogP contribution in [0.5, 0.6) is 5.88 Å². The number of aromatic nitrogens is 3. The van der Waals surface area contributed by atoms with Crippen LogP contribution in [0, 0.1) is 6.92 Å². The van der Waals surface area contributed by atoms with E-state index in [0.717, 1.165) is 64.1 Å². The quantitative estimate of drug-likeness (QED) is 0.294. The molecule has 1 atom stereocenters. The third-order valence-corrected chi connectivity index (χ3v) is 9.55. The molecule has 230 valence electrons. The number of benzene rings is 2. The zero-order chi connectivity index (χ0) is 31.5. The molecule has 0 radical (unpaired) electrons. The molecule has 0 saturated carbocycles. The van der Waals surface area contributed by atoms with Gasteiger partial charge in [-0.1, -0.05) is 41.9 Å². The Kier molecular flexibility index (Phi) is 7.09. The van der Waals surface area contributed by atoms with Crippen molar-refractivity contribution >= 4 is 29.2 Å². The van der Waals surface area contributed by atoms with E-state index in [2.05, 4.69) is 32.0 Å². The summed E-state index contributed by atoms with van der Waals surface area (Å²) in [6.07, 6.45) is 3.26. The summed E-state index contributed by atoms with van der Waals surface area (Å²) in [5, 5.41) is 13.2. The first-order chi connectivity index (χ1) is 21.7. The van der Waals surface area contributed by atoms with Crippen LogP contribution >= 0.6 is 11.6 Å². The summed E-state index contributed by atoms with van der Waals surface area (Å²) in [5.74, 6) is 0.0769. The van der Waals surface area contributed by atoms with Gasteiger partial charge in [-0.2, -0.15) is 5.10 Å². The molecule has 2 aromatic heterocycles. The third-order valence-electron chi connectivity index (χ3n) is 9.14. The highest BCUT2D eigenvalue weighted by Crippen LogP contribution is 2.47. The molecule has 3 amide bonds. The van der Waals surface area contributed by atoms with Crippen molar-refractivity contribution in [1.82, 2.24) is 30.3 Å². The van der Waals surface area contributed by atoms with Crippen molar-refractivity contribution < 1.29 is 14.3 Å². The Balaban J connectivity index is 1.18. The number of rotatable bonds is 6. The summed E-state index contributed by atoms with van der Waals surface area (Å²) in [5.41, 5.74) is 6.13. The number of halogens is 1. The van der Waals surface area contributed by atoms with Crippen LogP contribution in [0.15, 0.2) is 59.5 Å². The van der Waals surface area contributed by atoms with Crippen LogP contribution < -0.4 is 26.2 Å². The van der Waals surface area contributed by atoms with Crippen molar-refractivity contribution in [2.45, 2.75) is 31.3 Å². The van der Waals surface area contributed by atoms with Gasteiger partial charge in [-0.25, -0.2) is 14.5 Å². The fourth-order valence-corrected chi connectivity index (χ4v) is 7.16. The molecular formula is C33H32ClN7O4.